The van der Waals surface area contributed by atoms with Gasteiger partial charge in [-0.1, -0.05) is 11.6 Å². The number of rotatable bonds is 4. The number of thiazole rings is 1. The number of carbonyl (C=O) groups excluding carboxylic acids is 1. The van der Waals surface area contributed by atoms with Crippen LogP contribution in [0.3, 0.4) is 0 Å². The van der Waals surface area contributed by atoms with Crippen LogP contribution in [-0.2, 0) is 12.7 Å². The Morgan fingerprint density at radius 3 is 2.62 bits per heavy atom. The Labute approximate surface area is 126 Å². The number of carbonyl (C=O) groups is 1. The molecular weight excluding hydrogens is 327 g/mol. The van der Waals surface area contributed by atoms with Crippen molar-refractivity contribution < 1.29 is 18.0 Å². The van der Waals surface area contributed by atoms with Crippen LogP contribution in [0.5, 0.6) is 0 Å². The molecule has 1 heterocycles. The van der Waals surface area contributed by atoms with Gasteiger partial charge in [-0.2, -0.15) is 13.2 Å². The summed E-state index contributed by atoms with van der Waals surface area (Å²) in [6.07, 6.45) is -3.04. The van der Waals surface area contributed by atoms with E-state index >= 15 is 0 Å². The highest BCUT2D eigenvalue weighted by Crippen LogP contribution is 2.32. The largest absolute Gasteiger partial charge is 0.416 e. The fourth-order valence-electron chi connectivity index (χ4n) is 1.59. The summed E-state index contributed by atoms with van der Waals surface area (Å²) in [6, 6.07) is 2.90. The molecule has 0 atom stereocenters. The molecule has 0 saturated heterocycles. The fourth-order valence-corrected chi connectivity index (χ4v) is 2.51. The van der Waals surface area contributed by atoms with Gasteiger partial charge in [0, 0.05) is 22.3 Å². The number of benzene rings is 1. The van der Waals surface area contributed by atoms with E-state index in [-0.39, 0.29) is 17.8 Å². The quantitative estimate of drug-likeness (QED) is 0.898. The summed E-state index contributed by atoms with van der Waals surface area (Å²) < 4.78 is 38.7. The van der Waals surface area contributed by atoms with E-state index in [9.17, 15) is 18.0 Å². The minimum Gasteiger partial charge on any atom is -0.380 e. The average molecular weight is 336 g/mol. The van der Waals surface area contributed by atoms with E-state index in [4.69, 9.17) is 17.3 Å². The van der Waals surface area contributed by atoms with Gasteiger partial charge in [0.1, 0.15) is 0 Å². The molecule has 0 spiro atoms. The molecule has 4 nitrogen and oxygen atoms in total. The highest BCUT2D eigenvalue weighted by atomic mass is 35.5. The highest BCUT2D eigenvalue weighted by Gasteiger charge is 2.31. The summed E-state index contributed by atoms with van der Waals surface area (Å²) in [6.45, 7) is 0.240. The van der Waals surface area contributed by atoms with Crippen LogP contribution < -0.4 is 11.1 Å². The summed E-state index contributed by atoms with van der Waals surface area (Å²) >= 11 is 6.87. The molecule has 1 amide bonds. The Bertz CT molecular complexity index is 672. The number of nitrogens with two attached hydrogens (primary N) is 1. The van der Waals surface area contributed by atoms with E-state index < -0.39 is 17.6 Å². The lowest BCUT2D eigenvalue weighted by atomic mass is 10.1. The first-order chi connectivity index (χ1) is 9.75. The second-order valence-electron chi connectivity index (χ2n) is 4.09. The zero-order chi connectivity index (χ0) is 15.6. The molecular formula is C12H9ClF3N3OS. The summed E-state index contributed by atoms with van der Waals surface area (Å²) in [5, 5.41) is 2.79. The summed E-state index contributed by atoms with van der Waals surface area (Å²) in [7, 11) is 0. The van der Waals surface area contributed by atoms with E-state index in [1.54, 1.807) is 0 Å². The molecule has 0 fully saturated rings. The van der Waals surface area contributed by atoms with Gasteiger partial charge in [0.05, 0.1) is 12.1 Å². The van der Waals surface area contributed by atoms with Crippen molar-refractivity contribution in [3.8, 4) is 0 Å². The second kappa shape index (κ2) is 5.90. The van der Waals surface area contributed by atoms with Crippen LogP contribution in [0.1, 0.15) is 20.8 Å². The van der Waals surface area contributed by atoms with Crippen molar-refractivity contribution in [3.05, 3.63) is 44.9 Å². The molecule has 1 aromatic heterocycles. The molecule has 0 aliphatic carbocycles. The number of anilines is 1. The lowest BCUT2D eigenvalue weighted by Gasteiger charge is -2.12. The maximum atomic E-state index is 12.8. The predicted molar refractivity (Wildman–Crippen MR) is 74.4 cm³/mol. The molecule has 3 N–H and O–H groups in total. The highest BCUT2D eigenvalue weighted by molar-refractivity contribution is 7.15. The third-order valence-corrected chi connectivity index (χ3v) is 3.65. The van der Waals surface area contributed by atoms with Crippen LogP contribution in [0, 0.1) is 0 Å². The fraction of sp³-hybridized carbons (Fsp3) is 0.167. The number of aromatic nitrogens is 1. The molecule has 21 heavy (non-hydrogen) atoms. The van der Waals surface area contributed by atoms with Crippen LogP contribution in [-0.4, -0.2) is 10.9 Å². The number of halogens is 4. The van der Waals surface area contributed by atoms with Gasteiger partial charge in [0.25, 0.3) is 0 Å². The SMILES string of the molecule is NC(=O)c1cc(NCc2cnc(Cl)s2)cc(C(F)(F)F)c1. The van der Waals surface area contributed by atoms with E-state index in [1.165, 1.54) is 23.6 Å². The zero-order valence-corrected chi connectivity index (χ0v) is 11.9. The molecule has 0 radical (unpaired) electrons. The van der Waals surface area contributed by atoms with Crippen LogP contribution >= 0.6 is 22.9 Å². The maximum Gasteiger partial charge on any atom is 0.416 e. The average Bonchev–Trinajstić information content (AvgIpc) is 2.81. The summed E-state index contributed by atoms with van der Waals surface area (Å²) in [4.78, 5) is 15.7. The number of alkyl halides is 3. The van der Waals surface area contributed by atoms with Crippen molar-refractivity contribution in [2.24, 2.45) is 5.73 Å². The van der Waals surface area contributed by atoms with Crippen molar-refractivity contribution in [1.82, 2.24) is 4.98 Å². The number of nitrogens with one attached hydrogen (secondary N) is 1. The van der Waals surface area contributed by atoms with E-state index in [0.717, 1.165) is 17.0 Å². The predicted octanol–water partition coefficient (Wildman–Crippen LogP) is 3.53. The molecule has 0 aliphatic rings. The van der Waals surface area contributed by atoms with E-state index in [1.807, 2.05) is 0 Å². The Morgan fingerprint density at radius 1 is 1.38 bits per heavy atom. The minimum absolute atomic E-state index is 0.142. The second-order valence-corrected chi connectivity index (χ2v) is 5.79. The first-order valence-electron chi connectivity index (χ1n) is 5.62. The van der Waals surface area contributed by atoms with Gasteiger partial charge in [-0.05, 0) is 18.2 Å². The van der Waals surface area contributed by atoms with Crippen molar-refractivity contribution in [1.29, 1.82) is 0 Å². The third-order valence-electron chi connectivity index (χ3n) is 2.54. The molecule has 9 heteroatoms. The topological polar surface area (TPSA) is 68.0 Å². The van der Waals surface area contributed by atoms with Gasteiger partial charge in [0.15, 0.2) is 4.47 Å². The lowest BCUT2D eigenvalue weighted by molar-refractivity contribution is -0.137. The van der Waals surface area contributed by atoms with Gasteiger partial charge in [-0.25, -0.2) is 4.98 Å². The van der Waals surface area contributed by atoms with Crippen molar-refractivity contribution in [2.75, 3.05) is 5.32 Å². The normalized spacial score (nSPS) is 11.4. The van der Waals surface area contributed by atoms with Gasteiger partial charge in [0.2, 0.25) is 5.91 Å². The molecule has 1 aromatic carbocycles. The molecule has 0 aliphatic heterocycles. The maximum absolute atomic E-state index is 12.8. The molecule has 112 valence electrons. The Hall–Kier alpha value is -1.80. The van der Waals surface area contributed by atoms with Crippen LogP contribution in [0.2, 0.25) is 4.47 Å². The standard InChI is InChI=1S/C12H9ClF3N3OS/c13-11-19-5-9(21-11)4-18-8-2-6(10(17)20)1-7(3-8)12(14,15)16/h1-3,5,18H,4H2,(H2,17,20). The van der Waals surface area contributed by atoms with Gasteiger partial charge in [-0.3, -0.25) is 4.79 Å². The molecule has 0 saturated carbocycles. The van der Waals surface area contributed by atoms with Gasteiger partial charge in [-0.15, -0.1) is 11.3 Å². The number of hydrogen-bond acceptors (Lipinski definition) is 4. The molecule has 2 aromatic rings. The number of hydrogen-bond donors (Lipinski definition) is 2. The smallest absolute Gasteiger partial charge is 0.380 e. The van der Waals surface area contributed by atoms with E-state index in [2.05, 4.69) is 10.3 Å². The number of primary amides is 1. The monoisotopic (exact) mass is 335 g/mol. The Kier molecular flexibility index (Phi) is 4.38. The van der Waals surface area contributed by atoms with Crippen molar-refractivity contribution >= 4 is 34.5 Å². The zero-order valence-electron chi connectivity index (χ0n) is 10.4. The minimum atomic E-state index is -4.56. The summed E-state index contributed by atoms with van der Waals surface area (Å²) in [5.41, 5.74) is 4.03. The molecule has 0 unspecified atom stereocenters. The van der Waals surface area contributed by atoms with Crippen LogP contribution in [0.25, 0.3) is 0 Å². The van der Waals surface area contributed by atoms with Crippen molar-refractivity contribution in [2.45, 2.75) is 12.7 Å². The third kappa shape index (κ3) is 4.08. The van der Waals surface area contributed by atoms with Gasteiger partial charge >= 0.3 is 6.18 Å². The Morgan fingerprint density at radius 2 is 2.10 bits per heavy atom. The number of nitrogens with zero attached hydrogens (tertiary/aromatic N) is 1. The van der Waals surface area contributed by atoms with Crippen LogP contribution in [0.4, 0.5) is 18.9 Å². The van der Waals surface area contributed by atoms with E-state index in [0.29, 0.717) is 4.47 Å². The van der Waals surface area contributed by atoms with Gasteiger partial charge < -0.3 is 11.1 Å². The Balaban J connectivity index is 2.25. The first-order valence-corrected chi connectivity index (χ1v) is 6.81. The number of amides is 1. The van der Waals surface area contributed by atoms with Crippen molar-refractivity contribution in [3.63, 3.8) is 0 Å². The summed E-state index contributed by atoms with van der Waals surface area (Å²) in [5.74, 6) is -0.926. The molecule has 2 rings (SSSR count). The van der Waals surface area contributed by atoms with Crippen LogP contribution in [0.15, 0.2) is 24.4 Å². The lowest BCUT2D eigenvalue weighted by Crippen LogP contribution is -2.14. The first kappa shape index (κ1) is 15.6. The molecule has 0 bridgehead atoms.